The summed E-state index contributed by atoms with van der Waals surface area (Å²) in [6, 6.07) is 10.3. The summed E-state index contributed by atoms with van der Waals surface area (Å²) in [7, 11) is 0. The minimum Gasteiger partial charge on any atom is -0.272 e. The number of hydrogen-bond acceptors (Lipinski definition) is 1. The Hall–Kier alpha value is -2.04. The molecule has 86 valence electrons. The molecule has 0 bridgehead atoms. The molecule has 1 heterocycles. The van der Waals surface area contributed by atoms with Crippen LogP contribution in [0.4, 0.5) is 13.2 Å². The quantitative estimate of drug-likeness (QED) is 0.632. The molecule has 0 atom stereocenters. The fourth-order valence-corrected chi connectivity index (χ4v) is 1.97. The molecular weight excluding hydrogens is 229 g/mol. The highest BCUT2D eigenvalue weighted by Gasteiger charge is 2.35. The molecule has 2 nitrogen and oxygen atoms in total. The van der Waals surface area contributed by atoms with Gasteiger partial charge < -0.3 is 0 Å². The van der Waals surface area contributed by atoms with E-state index >= 15 is 0 Å². The van der Waals surface area contributed by atoms with Crippen molar-refractivity contribution in [1.82, 2.24) is 10.2 Å². The van der Waals surface area contributed by atoms with Gasteiger partial charge in [0.2, 0.25) is 0 Å². The Morgan fingerprint density at radius 1 is 0.941 bits per heavy atom. The molecule has 0 spiro atoms. The first kappa shape index (κ1) is 10.1. The van der Waals surface area contributed by atoms with Gasteiger partial charge in [0.1, 0.15) is 11.2 Å². The SMILES string of the molecule is FC(F)(F)c1[nH]nc2c1ccc1ccccc12. The zero-order valence-corrected chi connectivity index (χ0v) is 8.55. The number of H-pyrrole nitrogens is 1. The number of fused-ring (bicyclic) bond motifs is 3. The number of aromatic nitrogens is 2. The molecule has 0 saturated carbocycles. The van der Waals surface area contributed by atoms with Gasteiger partial charge in [0.15, 0.2) is 0 Å². The van der Waals surface area contributed by atoms with Crippen molar-refractivity contribution in [1.29, 1.82) is 0 Å². The summed E-state index contributed by atoms with van der Waals surface area (Å²) in [5, 5.41) is 7.54. The zero-order valence-electron chi connectivity index (χ0n) is 8.55. The summed E-state index contributed by atoms with van der Waals surface area (Å²) < 4.78 is 38.0. The number of alkyl halides is 3. The van der Waals surface area contributed by atoms with E-state index in [-0.39, 0.29) is 5.39 Å². The lowest BCUT2D eigenvalue weighted by atomic mass is 10.1. The van der Waals surface area contributed by atoms with Gasteiger partial charge in [-0.1, -0.05) is 30.3 Å². The van der Waals surface area contributed by atoms with E-state index in [2.05, 4.69) is 10.2 Å². The minimum absolute atomic E-state index is 0.108. The number of nitrogens with one attached hydrogen (secondary N) is 1. The summed E-state index contributed by atoms with van der Waals surface area (Å²) in [6.45, 7) is 0. The molecule has 5 heteroatoms. The van der Waals surface area contributed by atoms with Crippen LogP contribution in [0.5, 0.6) is 0 Å². The Bertz CT molecular complexity index is 698. The van der Waals surface area contributed by atoms with Crippen LogP contribution in [0.15, 0.2) is 36.4 Å². The third kappa shape index (κ3) is 1.46. The molecule has 17 heavy (non-hydrogen) atoms. The van der Waals surface area contributed by atoms with Crippen LogP contribution in [0.1, 0.15) is 5.69 Å². The van der Waals surface area contributed by atoms with Crippen LogP contribution in [-0.4, -0.2) is 10.2 Å². The topological polar surface area (TPSA) is 28.7 Å². The van der Waals surface area contributed by atoms with Crippen molar-refractivity contribution in [2.24, 2.45) is 0 Å². The first-order valence-electron chi connectivity index (χ1n) is 5.00. The Balaban J connectivity index is 2.43. The maximum Gasteiger partial charge on any atom is 0.433 e. The van der Waals surface area contributed by atoms with E-state index in [4.69, 9.17) is 0 Å². The van der Waals surface area contributed by atoms with Crippen molar-refractivity contribution in [3.8, 4) is 0 Å². The highest BCUT2D eigenvalue weighted by Crippen LogP contribution is 2.35. The average Bonchev–Trinajstić information content (AvgIpc) is 2.72. The van der Waals surface area contributed by atoms with Crippen molar-refractivity contribution in [2.45, 2.75) is 6.18 Å². The second-order valence-electron chi connectivity index (χ2n) is 3.78. The fourth-order valence-electron chi connectivity index (χ4n) is 1.97. The number of halogens is 3. The second-order valence-corrected chi connectivity index (χ2v) is 3.78. The highest BCUT2D eigenvalue weighted by molar-refractivity contribution is 6.06. The predicted molar refractivity (Wildman–Crippen MR) is 58.6 cm³/mol. The molecule has 0 radical (unpaired) electrons. The van der Waals surface area contributed by atoms with Gasteiger partial charge in [0.05, 0.1) is 0 Å². The first-order chi connectivity index (χ1) is 8.07. The van der Waals surface area contributed by atoms with E-state index in [1.807, 2.05) is 12.1 Å². The molecule has 0 amide bonds. The van der Waals surface area contributed by atoms with Gasteiger partial charge in [-0.2, -0.15) is 18.3 Å². The number of aromatic amines is 1. The lowest BCUT2D eigenvalue weighted by Gasteiger charge is -2.03. The van der Waals surface area contributed by atoms with Crippen molar-refractivity contribution in [2.75, 3.05) is 0 Å². The fraction of sp³-hybridized carbons (Fsp3) is 0.0833. The number of hydrogen-bond donors (Lipinski definition) is 1. The largest absolute Gasteiger partial charge is 0.433 e. The minimum atomic E-state index is -4.41. The Kier molecular flexibility index (Phi) is 1.92. The van der Waals surface area contributed by atoms with Crippen LogP contribution in [-0.2, 0) is 6.18 Å². The van der Waals surface area contributed by atoms with Gasteiger partial charge in [0.25, 0.3) is 0 Å². The summed E-state index contributed by atoms with van der Waals surface area (Å²) >= 11 is 0. The molecule has 2 aromatic carbocycles. The normalized spacial score (nSPS) is 12.4. The van der Waals surface area contributed by atoms with Gasteiger partial charge in [-0.25, -0.2) is 0 Å². The molecular formula is C12H7F3N2. The van der Waals surface area contributed by atoms with Crippen molar-refractivity contribution in [3.05, 3.63) is 42.1 Å². The molecule has 0 saturated heterocycles. The van der Waals surface area contributed by atoms with E-state index in [1.54, 1.807) is 18.2 Å². The molecule has 3 aromatic rings. The Morgan fingerprint density at radius 3 is 2.47 bits per heavy atom. The number of benzene rings is 2. The smallest absolute Gasteiger partial charge is 0.272 e. The third-order valence-corrected chi connectivity index (χ3v) is 2.73. The van der Waals surface area contributed by atoms with Crippen molar-refractivity contribution < 1.29 is 13.2 Å². The lowest BCUT2D eigenvalue weighted by molar-refractivity contribution is -0.139. The van der Waals surface area contributed by atoms with Crippen LogP contribution in [0.3, 0.4) is 0 Å². The summed E-state index contributed by atoms with van der Waals surface area (Å²) in [5.41, 5.74) is -0.436. The molecule has 0 unspecified atom stereocenters. The summed E-state index contributed by atoms with van der Waals surface area (Å²) in [4.78, 5) is 0. The van der Waals surface area contributed by atoms with Crippen LogP contribution < -0.4 is 0 Å². The molecule has 3 rings (SSSR count). The molecule has 1 aromatic heterocycles. The van der Waals surface area contributed by atoms with Gasteiger partial charge in [-0.3, -0.25) is 5.10 Å². The second kappa shape index (κ2) is 3.23. The maximum atomic E-state index is 12.7. The van der Waals surface area contributed by atoms with Gasteiger partial charge in [-0.05, 0) is 11.5 Å². The summed E-state index contributed by atoms with van der Waals surface area (Å²) in [6.07, 6.45) is -4.41. The monoisotopic (exact) mass is 236 g/mol. The van der Waals surface area contributed by atoms with E-state index in [9.17, 15) is 13.2 Å². The molecule has 0 aliphatic carbocycles. The zero-order chi connectivity index (χ0) is 12.0. The Labute approximate surface area is 94.1 Å². The molecule has 1 N–H and O–H groups in total. The van der Waals surface area contributed by atoms with E-state index < -0.39 is 11.9 Å². The molecule has 0 fully saturated rings. The van der Waals surface area contributed by atoms with Crippen LogP contribution in [0, 0.1) is 0 Å². The summed E-state index contributed by atoms with van der Waals surface area (Å²) in [5.74, 6) is 0. The van der Waals surface area contributed by atoms with Crippen LogP contribution in [0.2, 0.25) is 0 Å². The standard InChI is InChI=1S/C12H7F3N2/c13-12(14,15)11-9-6-5-7-3-1-2-4-8(7)10(9)16-17-11/h1-6H,(H,16,17). The van der Waals surface area contributed by atoms with Crippen LogP contribution >= 0.6 is 0 Å². The average molecular weight is 236 g/mol. The van der Waals surface area contributed by atoms with E-state index in [0.717, 1.165) is 10.8 Å². The van der Waals surface area contributed by atoms with Crippen molar-refractivity contribution in [3.63, 3.8) is 0 Å². The van der Waals surface area contributed by atoms with Gasteiger partial charge in [0, 0.05) is 10.8 Å². The maximum absolute atomic E-state index is 12.7. The Morgan fingerprint density at radius 2 is 1.71 bits per heavy atom. The van der Waals surface area contributed by atoms with Crippen LogP contribution in [0.25, 0.3) is 21.7 Å². The number of rotatable bonds is 0. The lowest BCUT2D eigenvalue weighted by Crippen LogP contribution is -2.05. The van der Waals surface area contributed by atoms with E-state index in [1.165, 1.54) is 6.07 Å². The molecule has 0 aliphatic heterocycles. The highest BCUT2D eigenvalue weighted by atomic mass is 19.4. The first-order valence-corrected chi connectivity index (χ1v) is 5.00. The predicted octanol–water partition coefficient (Wildman–Crippen LogP) is 3.73. The van der Waals surface area contributed by atoms with Gasteiger partial charge >= 0.3 is 6.18 Å². The van der Waals surface area contributed by atoms with Gasteiger partial charge in [-0.15, -0.1) is 0 Å². The van der Waals surface area contributed by atoms with Crippen molar-refractivity contribution >= 4 is 21.7 Å². The molecule has 0 aliphatic rings. The number of nitrogens with zero attached hydrogens (tertiary/aromatic N) is 1. The van der Waals surface area contributed by atoms with E-state index in [0.29, 0.717) is 5.52 Å². The third-order valence-electron chi connectivity index (χ3n) is 2.73.